The quantitative estimate of drug-likeness (QED) is 0.481. The lowest BCUT2D eigenvalue weighted by atomic mass is 10.1. The van der Waals surface area contributed by atoms with Gasteiger partial charge in [-0.05, 0) is 30.6 Å². The zero-order chi connectivity index (χ0) is 10.1. The summed E-state index contributed by atoms with van der Waals surface area (Å²) in [6, 6.07) is 10.7. The Morgan fingerprint density at radius 2 is 1.93 bits per heavy atom. The Bertz CT molecular complexity index is 241. The molecular formula is C13H18S. The summed E-state index contributed by atoms with van der Waals surface area (Å²) < 4.78 is 0. The molecule has 0 aliphatic carbocycles. The minimum atomic E-state index is 1.09. The van der Waals surface area contributed by atoms with Crippen LogP contribution in [-0.2, 0) is 6.42 Å². The summed E-state index contributed by atoms with van der Waals surface area (Å²) in [6.07, 6.45) is 5.80. The van der Waals surface area contributed by atoms with Crippen LogP contribution in [0.5, 0.6) is 0 Å². The number of hydrogen-bond donors (Lipinski definition) is 0. The summed E-state index contributed by atoms with van der Waals surface area (Å²) in [6.45, 7) is 3.71. The Hall–Kier alpha value is -0.690. The first kappa shape index (κ1) is 11.4. The van der Waals surface area contributed by atoms with E-state index in [9.17, 15) is 0 Å². The van der Waals surface area contributed by atoms with Crippen molar-refractivity contribution in [1.29, 1.82) is 0 Å². The van der Waals surface area contributed by atoms with Gasteiger partial charge in [0.25, 0.3) is 0 Å². The van der Waals surface area contributed by atoms with Crippen molar-refractivity contribution in [3.63, 3.8) is 0 Å². The minimum absolute atomic E-state index is 1.09. The Morgan fingerprint density at radius 3 is 2.64 bits per heavy atom. The summed E-state index contributed by atoms with van der Waals surface area (Å²) in [7, 11) is 0. The molecule has 0 saturated heterocycles. The second-order valence-electron chi connectivity index (χ2n) is 3.31. The molecule has 0 bridgehead atoms. The first-order valence-electron chi connectivity index (χ1n) is 5.16. The first-order valence-corrected chi connectivity index (χ1v) is 6.31. The molecule has 1 heteroatoms. The fraction of sp³-hybridized carbons (Fsp3) is 0.385. The molecule has 76 valence electrons. The van der Waals surface area contributed by atoms with Gasteiger partial charge in [-0.3, -0.25) is 0 Å². The highest BCUT2D eigenvalue weighted by Crippen LogP contribution is 2.08. The predicted octanol–water partition coefficient (Wildman–Crippen LogP) is 3.93. The van der Waals surface area contributed by atoms with E-state index in [4.69, 9.17) is 0 Å². The van der Waals surface area contributed by atoms with E-state index in [1.807, 2.05) is 17.8 Å². The smallest absolute Gasteiger partial charge is 0.0110 e. The van der Waals surface area contributed by atoms with Gasteiger partial charge in [0.2, 0.25) is 0 Å². The maximum atomic E-state index is 3.71. The van der Waals surface area contributed by atoms with E-state index in [1.165, 1.54) is 30.6 Å². The molecule has 0 radical (unpaired) electrons. The number of thioether (sulfide) groups is 1. The van der Waals surface area contributed by atoms with Crippen LogP contribution >= 0.6 is 11.8 Å². The molecule has 0 aliphatic heterocycles. The molecule has 1 aromatic rings. The van der Waals surface area contributed by atoms with E-state index in [1.54, 1.807) is 0 Å². The van der Waals surface area contributed by atoms with E-state index in [0.29, 0.717) is 0 Å². The Labute approximate surface area is 91.4 Å². The highest BCUT2D eigenvalue weighted by molar-refractivity contribution is 7.99. The van der Waals surface area contributed by atoms with Gasteiger partial charge in [-0.25, -0.2) is 0 Å². The van der Waals surface area contributed by atoms with Crippen molar-refractivity contribution in [2.45, 2.75) is 19.3 Å². The summed E-state index contributed by atoms with van der Waals surface area (Å²) >= 11 is 1.97. The van der Waals surface area contributed by atoms with Crippen molar-refractivity contribution in [3.8, 4) is 0 Å². The second kappa shape index (κ2) is 7.69. The minimum Gasteiger partial charge on any atom is -0.158 e. The second-order valence-corrected chi connectivity index (χ2v) is 4.46. The first-order chi connectivity index (χ1) is 6.93. The van der Waals surface area contributed by atoms with Crippen molar-refractivity contribution in [1.82, 2.24) is 0 Å². The predicted molar refractivity (Wildman–Crippen MR) is 66.9 cm³/mol. The van der Waals surface area contributed by atoms with Gasteiger partial charge in [0, 0.05) is 5.75 Å². The third kappa shape index (κ3) is 5.13. The zero-order valence-corrected chi connectivity index (χ0v) is 9.43. The monoisotopic (exact) mass is 206 g/mol. The maximum absolute atomic E-state index is 3.71. The lowest BCUT2D eigenvalue weighted by molar-refractivity contribution is 0.803. The number of unbranched alkanes of at least 4 members (excludes halogenated alkanes) is 1. The third-order valence-corrected chi connectivity index (χ3v) is 3.13. The van der Waals surface area contributed by atoms with Gasteiger partial charge in [0.05, 0.1) is 0 Å². The highest BCUT2D eigenvalue weighted by atomic mass is 32.2. The van der Waals surface area contributed by atoms with Crippen molar-refractivity contribution in [2.24, 2.45) is 0 Å². The molecule has 0 spiro atoms. The molecule has 0 unspecified atom stereocenters. The lowest BCUT2D eigenvalue weighted by Gasteiger charge is -2.00. The SMILES string of the molecule is C=CCSCCCCc1ccccc1. The lowest BCUT2D eigenvalue weighted by Crippen LogP contribution is -1.87. The highest BCUT2D eigenvalue weighted by Gasteiger charge is 1.92. The summed E-state index contributed by atoms with van der Waals surface area (Å²) in [5, 5.41) is 0. The van der Waals surface area contributed by atoms with E-state index in [-0.39, 0.29) is 0 Å². The fourth-order valence-electron chi connectivity index (χ4n) is 1.34. The van der Waals surface area contributed by atoms with Crippen LogP contribution in [0.1, 0.15) is 18.4 Å². The van der Waals surface area contributed by atoms with E-state index in [2.05, 4.69) is 36.9 Å². The standard InChI is InChI=1S/C13H18S/c1-2-11-14-12-7-6-10-13-8-4-3-5-9-13/h2-5,8-9H,1,6-7,10-12H2. The average Bonchev–Trinajstić information content (AvgIpc) is 2.25. The zero-order valence-electron chi connectivity index (χ0n) is 8.61. The molecule has 0 fully saturated rings. The molecule has 0 N–H and O–H groups in total. The van der Waals surface area contributed by atoms with Gasteiger partial charge in [-0.15, -0.1) is 6.58 Å². The average molecular weight is 206 g/mol. The van der Waals surface area contributed by atoms with E-state index >= 15 is 0 Å². The molecule has 1 aromatic carbocycles. The van der Waals surface area contributed by atoms with Crippen LogP contribution in [0.15, 0.2) is 43.0 Å². The van der Waals surface area contributed by atoms with E-state index in [0.717, 1.165) is 5.75 Å². The van der Waals surface area contributed by atoms with Gasteiger partial charge >= 0.3 is 0 Å². The topological polar surface area (TPSA) is 0 Å². The van der Waals surface area contributed by atoms with Crippen LogP contribution in [-0.4, -0.2) is 11.5 Å². The van der Waals surface area contributed by atoms with Gasteiger partial charge < -0.3 is 0 Å². The van der Waals surface area contributed by atoms with E-state index < -0.39 is 0 Å². The summed E-state index contributed by atoms with van der Waals surface area (Å²) in [5.41, 5.74) is 1.46. The summed E-state index contributed by atoms with van der Waals surface area (Å²) in [4.78, 5) is 0. The van der Waals surface area contributed by atoms with Crippen LogP contribution in [0, 0.1) is 0 Å². The van der Waals surface area contributed by atoms with Crippen LogP contribution in [0.25, 0.3) is 0 Å². The molecule has 0 amide bonds. The fourth-order valence-corrected chi connectivity index (χ4v) is 2.09. The molecule has 0 nitrogen and oxygen atoms in total. The van der Waals surface area contributed by atoms with Crippen LogP contribution in [0.2, 0.25) is 0 Å². The Morgan fingerprint density at radius 1 is 1.14 bits per heavy atom. The molecule has 0 atom stereocenters. The number of rotatable bonds is 7. The molecule has 1 rings (SSSR count). The van der Waals surface area contributed by atoms with Crippen molar-refractivity contribution in [2.75, 3.05) is 11.5 Å². The largest absolute Gasteiger partial charge is 0.158 e. The van der Waals surface area contributed by atoms with Crippen molar-refractivity contribution >= 4 is 11.8 Å². The van der Waals surface area contributed by atoms with Gasteiger partial charge in [0.15, 0.2) is 0 Å². The molecular weight excluding hydrogens is 188 g/mol. The molecule has 0 heterocycles. The molecule has 0 aromatic heterocycles. The van der Waals surface area contributed by atoms with Crippen molar-refractivity contribution < 1.29 is 0 Å². The molecule has 14 heavy (non-hydrogen) atoms. The van der Waals surface area contributed by atoms with Gasteiger partial charge in [0.1, 0.15) is 0 Å². The molecule has 0 aliphatic rings. The van der Waals surface area contributed by atoms with Gasteiger partial charge in [-0.1, -0.05) is 36.4 Å². The summed E-state index contributed by atoms with van der Waals surface area (Å²) in [5.74, 6) is 2.35. The number of aryl methyl sites for hydroxylation is 1. The normalized spacial score (nSPS) is 10.0. The molecule has 0 saturated carbocycles. The van der Waals surface area contributed by atoms with Crippen molar-refractivity contribution in [3.05, 3.63) is 48.6 Å². The van der Waals surface area contributed by atoms with Crippen LogP contribution < -0.4 is 0 Å². The van der Waals surface area contributed by atoms with Gasteiger partial charge in [-0.2, -0.15) is 11.8 Å². The number of hydrogen-bond acceptors (Lipinski definition) is 1. The Kier molecular flexibility index (Phi) is 6.25. The van der Waals surface area contributed by atoms with Crippen LogP contribution in [0.4, 0.5) is 0 Å². The number of benzene rings is 1. The maximum Gasteiger partial charge on any atom is 0.0110 e. The Balaban J connectivity index is 2.02. The third-order valence-electron chi connectivity index (χ3n) is 2.08. The van der Waals surface area contributed by atoms with Crippen LogP contribution in [0.3, 0.4) is 0 Å².